The molecule has 1 aliphatic rings. The van der Waals surface area contributed by atoms with E-state index in [1.807, 2.05) is 13.8 Å². The Labute approximate surface area is 87.4 Å². The lowest BCUT2D eigenvalue weighted by Crippen LogP contribution is -2.57. The zero-order valence-electron chi connectivity index (χ0n) is 8.53. The molecule has 0 saturated carbocycles. The molecule has 0 aromatic heterocycles. The van der Waals surface area contributed by atoms with E-state index in [0.717, 1.165) is 5.75 Å². The zero-order chi connectivity index (χ0) is 10.9. The van der Waals surface area contributed by atoms with Crippen molar-refractivity contribution in [2.75, 3.05) is 5.75 Å². The van der Waals surface area contributed by atoms with Gasteiger partial charge in [-0.15, -0.1) is 0 Å². The summed E-state index contributed by atoms with van der Waals surface area (Å²) < 4.78 is 0.0356. The summed E-state index contributed by atoms with van der Waals surface area (Å²) in [7, 11) is 0. The first-order valence-electron chi connectivity index (χ1n) is 4.51. The Bertz CT molecular complexity index is 265. The molecule has 2 N–H and O–H groups in total. The molecule has 1 fully saturated rings. The molecule has 80 valence electrons. The molecule has 5 heteroatoms. The highest BCUT2D eigenvalue weighted by Gasteiger charge is 2.41. The standard InChI is InChI=1S/C9H15NO3S/c1-5(8(12)13)7(11)10-6-4-14-9(6,2)3/h5-6H,4H2,1-3H3,(H,10,11)(H,12,13). The third-order valence-corrected chi connectivity index (χ3v) is 4.07. The molecular weight excluding hydrogens is 202 g/mol. The highest BCUT2D eigenvalue weighted by atomic mass is 32.2. The van der Waals surface area contributed by atoms with E-state index in [-0.39, 0.29) is 10.8 Å². The molecule has 1 heterocycles. The molecule has 14 heavy (non-hydrogen) atoms. The summed E-state index contributed by atoms with van der Waals surface area (Å²) in [5, 5.41) is 11.4. The lowest BCUT2D eigenvalue weighted by molar-refractivity contribution is -0.146. The lowest BCUT2D eigenvalue weighted by atomic mass is 10.0. The van der Waals surface area contributed by atoms with E-state index < -0.39 is 17.8 Å². The van der Waals surface area contributed by atoms with Crippen LogP contribution in [0.15, 0.2) is 0 Å². The molecule has 1 amide bonds. The Morgan fingerprint density at radius 1 is 1.57 bits per heavy atom. The van der Waals surface area contributed by atoms with E-state index in [9.17, 15) is 9.59 Å². The number of carboxylic acid groups (broad SMARTS) is 1. The Morgan fingerprint density at radius 3 is 2.43 bits per heavy atom. The average molecular weight is 217 g/mol. The quantitative estimate of drug-likeness (QED) is 0.683. The first kappa shape index (κ1) is 11.4. The van der Waals surface area contributed by atoms with Gasteiger partial charge in [0.2, 0.25) is 5.91 Å². The van der Waals surface area contributed by atoms with Crippen LogP contribution in [0, 0.1) is 5.92 Å². The van der Waals surface area contributed by atoms with Gasteiger partial charge in [0, 0.05) is 10.5 Å². The number of carboxylic acids is 1. The van der Waals surface area contributed by atoms with Crippen molar-refractivity contribution < 1.29 is 14.7 Å². The smallest absolute Gasteiger partial charge is 0.315 e. The Kier molecular flexibility index (Phi) is 3.09. The molecule has 0 radical (unpaired) electrons. The van der Waals surface area contributed by atoms with E-state index in [1.165, 1.54) is 6.92 Å². The highest BCUT2D eigenvalue weighted by molar-refractivity contribution is 8.02. The maximum absolute atomic E-state index is 11.4. The summed E-state index contributed by atoms with van der Waals surface area (Å²) in [4.78, 5) is 21.9. The van der Waals surface area contributed by atoms with Gasteiger partial charge in [-0.25, -0.2) is 0 Å². The second kappa shape index (κ2) is 3.81. The molecule has 0 aromatic rings. The van der Waals surface area contributed by atoms with Crippen molar-refractivity contribution in [1.82, 2.24) is 5.32 Å². The number of hydrogen-bond acceptors (Lipinski definition) is 3. The molecule has 0 bridgehead atoms. The number of amides is 1. The van der Waals surface area contributed by atoms with E-state index >= 15 is 0 Å². The summed E-state index contributed by atoms with van der Waals surface area (Å²) in [5.74, 6) is -1.56. The van der Waals surface area contributed by atoms with Gasteiger partial charge in [-0.3, -0.25) is 9.59 Å². The number of nitrogens with one attached hydrogen (secondary N) is 1. The van der Waals surface area contributed by atoms with Gasteiger partial charge in [0.25, 0.3) is 0 Å². The van der Waals surface area contributed by atoms with Gasteiger partial charge >= 0.3 is 5.97 Å². The SMILES string of the molecule is CC(C(=O)O)C(=O)NC1CSC1(C)C. The van der Waals surface area contributed by atoms with Gasteiger partial charge in [-0.1, -0.05) is 0 Å². The van der Waals surface area contributed by atoms with Crippen molar-refractivity contribution in [3.8, 4) is 0 Å². The monoisotopic (exact) mass is 217 g/mol. The van der Waals surface area contributed by atoms with Gasteiger partial charge in [0.05, 0.1) is 6.04 Å². The Hall–Kier alpha value is -0.710. The second-order valence-corrected chi connectivity index (χ2v) is 5.71. The van der Waals surface area contributed by atoms with Crippen molar-refractivity contribution in [2.45, 2.75) is 31.6 Å². The maximum atomic E-state index is 11.4. The van der Waals surface area contributed by atoms with Crippen LogP contribution in [0.3, 0.4) is 0 Å². The van der Waals surface area contributed by atoms with Crippen LogP contribution < -0.4 is 5.32 Å². The topological polar surface area (TPSA) is 66.4 Å². The van der Waals surface area contributed by atoms with Crippen LogP contribution in [0.5, 0.6) is 0 Å². The number of aliphatic carboxylic acids is 1. The molecule has 0 spiro atoms. The molecular formula is C9H15NO3S. The average Bonchev–Trinajstić information content (AvgIpc) is 2.10. The third kappa shape index (κ3) is 2.20. The van der Waals surface area contributed by atoms with Crippen LogP contribution >= 0.6 is 11.8 Å². The maximum Gasteiger partial charge on any atom is 0.315 e. The number of carbonyl (C=O) groups is 2. The fourth-order valence-electron chi connectivity index (χ4n) is 1.12. The number of rotatable bonds is 3. The van der Waals surface area contributed by atoms with Crippen molar-refractivity contribution in [3.63, 3.8) is 0 Å². The summed E-state index contributed by atoms with van der Waals surface area (Å²) in [6.45, 7) is 5.48. The molecule has 1 aliphatic heterocycles. The third-order valence-electron chi connectivity index (χ3n) is 2.54. The van der Waals surface area contributed by atoms with Crippen molar-refractivity contribution in [3.05, 3.63) is 0 Å². The molecule has 1 saturated heterocycles. The first-order chi connectivity index (χ1) is 6.34. The molecule has 0 aliphatic carbocycles. The summed E-state index contributed by atoms with van der Waals surface area (Å²) in [5.41, 5.74) is 0. The van der Waals surface area contributed by atoms with E-state index in [1.54, 1.807) is 11.8 Å². The number of hydrogen-bond donors (Lipinski definition) is 2. The van der Waals surface area contributed by atoms with Crippen LogP contribution in [0.4, 0.5) is 0 Å². The van der Waals surface area contributed by atoms with Crippen LogP contribution in [-0.4, -0.2) is 33.5 Å². The fraction of sp³-hybridized carbons (Fsp3) is 0.778. The van der Waals surface area contributed by atoms with Crippen molar-refractivity contribution >= 4 is 23.6 Å². The minimum absolute atomic E-state index is 0.0356. The lowest BCUT2D eigenvalue weighted by Gasteiger charge is -2.44. The largest absolute Gasteiger partial charge is 0.481 e. The zero-order valence-corrected chi connectivity index (χ0v) is 9.35. The normalized spacial score (nSPS) is 26.1. The van der Waals surface area contributed by atoms with Crippen LogP contribution in [-0.2, 0) is 9.59 Å². The predicted octanol–water partition coefficient (Wildman–Crippen LogP) is 0.717. The van der Waals surface area contributed by atoms with Gasteiger partial charge < -0.3 is 10.4 Å². The summed E-state index contributed by atoms with van der Waals surface area (Å²) in [6, 6.07) is 0.0989. The Balaban J connectivity index is 2.46. The van der Waals surface area contributed by atoms with Crippen LogP contribution in [0.2, 0.25) is 0 Å². The van der Waals surface area contributed by atoms with Crippen LogP contribution in [0.25, 0.3) is 0 Å². The minimum Gasteiger partial charge on any atom is -0.481 e. The second-order valence-electron chi connectivity index (χ2n) is 4.04. The van der Waals surface area contributed by atoms with E-state index in [4.69, 9.17) is 5.11 Å². The minimum atomic E-state index is -1.08. The highest BCUT2D eigenvalue weighted by Crippen LogP contribution is 2.39. The van der Waals surface area contributed by atoms with Gasteiger partial charge in [0.15, 0.2) is 0 Å². The summed E-state index contributed by atoms with van der Waals surface area (Å²) >= 11 is 1.77. The number of carbonyl (C=O) groups excluding carboxylic acids is 1. The molecule has 4 nitrogen and oxygen atoms in total. The molecule has 1 rings (SSSR count). The van der Waals surface area contributed by atoms with E-state index in [0.29, 0.717) is 0 Å². The summed E-state index contributed by atoms with van der Waals surface area (Å²) in [6.07, 6.45) is 0. The predicted molar refractivity (Wildman–Crippen MR) is 55.3 cm³/mol. The molecule has 2 atom stereocenters. The number of thioether (sulfide) groups is 1. The van der Waals surface area contributed by atoms with Crippen molar-refractivity contribution in [1.29, 1.82) is 0 Å². The molecule has 0 aromatic carbocycles. The molecule has 2 unspecified atom stereocenters. The van der Waals surface area contributed by atoms with Crippen LogP contribution in [0.1, 0.15) is 20.8 Å². The fourth-order valence-corrected chi connectivity index (χ4v) is 2.27. The first-order valence-corrected chi connectivity index (χ1v) is 5.50. The van der Waals surface area contributed by atoms with E-state index in [2.05, 4.69) is 5.32 Å². The van der Waals surface area contributed by atoms with Gasteiger partial charge in [-0.05, 0) is 20.8 Å². The Morgan fingerprint density at radius 2 is 2.14 bits per heavy atom. The van der Waals surface area contributed by atoms with Gasteiger partial charge in [0.1, 0.15) is 5.92 Å². The van der Waals surface area contributed by atoms with Crippen molar-refractivity contribution in [2.24, 2.45) is 5.92 Å². The van der Waals surface area contributed by atoms with Gasteiger partial charge in [-0.2, -0.15) is 11.8 Å².